The Hall–Kier alpha value is -0.900. The van der Waals surface area contributed by atoms with Crippen LogP contribution in [0.1, 0.15) is 31.5 Å². The van der Waals surface area contributed by atoms with Gasteiger partial charge in [0.2, 0.25) is 0 Å². The van der Waals surface area contributed by atoms with Gasteiger partial charge in [-0.2, -0.15) is 0 Å². The third kappa shape index (κ3) is 1.64. The molecule has 0 saturated heterocycles. The lowest BCUT2D eigenvalue weighted by Crippen LogP contribution is -2.12. The number of aryl methyl sites for hydroxylation is 1. The quantitative estimate of drug-likeness (QED) is 0.721. The highest BCUT2D eigenvalue weighted by atomic mass is 15.3. The van der Waals surface area contributed by atoms with Crippen molar-refractivity contribution in [1.29, 1.82) is 0 Å². The lowest BCUT2D eigenvalue weighted by Gasteiger charge is -2.11. The number of hydrogen-bond acceptors (Lipinski definition) is 3. The summed E-state index contributed by atoms with van der Waals surface area (Å²) in [5.74, 6) is 1.96. The minimum atomic E-state index is 0.418. The molecule has 1 aromatic heterocycles. The van der Waals surface area contributed by atoms with Crippen molar-refractivity contribution in [3.05, 3.63) is 11.6 Å². The van der Waals surface area contributed by atoms with Crippen LogP contribution < -0.4 is 5.73 Å². The van der Waals surface area contributed by atoms with Crippen LogP contribution >= 0.6 is 0 Å². The number of nitrogens with two attached hydrogens (primary N) is 1. The van der Waals surface area contributed by atoms with Crippen molar-refractivity contribution >= 4 is 0 Å². The second kappa shape index (κ2) is 3.67. The molecule has 0 bridgehead atoms. The van der Waals surface area contributed by atoms with E-state index in [4.69, 9.17) is 5.73 Å². The van der Waals surface area contributed by atoms with E-state index < -0.39 is 0 Å². The van der Waals surface area contributed by atoms with E-state index >= 15 is 0 Å². The molecule has 0 aliphatic heterocycles. The Bertz CT molecular complexity index is 252. The maximum Gasteiger partial charge on any atom is 0.134 e. The number of aromatic nitrogens is 3. The molecular formula is C8H16N4. The summed E-state index contributed by atoms with van der Waals surface area (Å²) in [6, 6.07) is 0.418. The fourth-order valence-corrected chi connectivity index (χ4v) is 1.38. The molecule has 0 aromatic carbocycles. The zero-order chi connectivity index (χ0) is 9.14. The lowest BCUT2D eigenvalue weighted by atomic mass is 10.3. The molecule has 12 heavy (non-hydrogen) atoms. The number of nitrogens with zero attached hydrogens (tertiary/aromatic N) is 3. The molecule has 1 heterocycles. The molecule has 0 saturated carbocycles. The molecule has 0 radical (unpaired) electrons. The first-order valence-electron chi connectivity index (χ1n) is 4.27. The molecule has 0 amide bonds. The largest absolute Gasteiger partial charge is 0.330 e. The fourth-order valence-electron chi connectivity index (χ4n) is 1.38. The molecule has 68 valence electrons. The van der Waals surface area contributed by atoms with E-state index in [1.807, 2.05) is 6.92 Å². The monoisotopic (exact) mass is 168 g/mol. The van der Waals surface area contributed by atoms with E-state index in [9.17, 15) is 0 Å². The smallest absolute Gasteiger partial charge is 0.134 e. The number of rotatable bonds is 3. The van der Waals surface area contributed by atoms with Crippen molar-refractivity contribution in [2.45, 2.75) is 33.2 Å². The van der Waals surface area contributed by atoms with Crippen LogP contribution in [0.4, 0.5) is 0 Å². The molecule has 0 aliphatic carbocycles. The van der Waals surface area contributed by atoms with Gasteiger partial charge in [0.25, 0.3) is 0 Å². The maximum atomic E-state index is 5.46. The first-order valence-corrected chi connectivity index (χ1v) is 4.27. The minimum absolute atomic E-state index is 0.418. The Kier molecular flexibility index (Phi) is 2.81. The van der Waals surface area contributed by atoms with Crippen LogP contribution in [0.2, 0.25) is 0 Å². The summed E-state index contributed by atoms with van der Waals surface area (Å²) < 4.78 is 2.12. The van der Waals surface area contributed by atoms with Crippen molar-refractivity contribution < 1.29 is 0 Å². The Balaban J connectivity index is 2.95. The fraction of sp³-hybridized carbons (Fsp3) is 0.750. The standard InChI is InChI=1S/C8H16N4/c1-6(2)12-7(3)10-11-8(12)4-5-9/h6H,4-5,9H2,1-3H3. The van der Waals surface area contributed by atoms with Gasteiger partial charge in [0.15, 0.2) is 0 Å². The molecule has 4 nitrogen and oxygen atoms in total. The molecule has 0 aliphatic rings. The highest BCUT2D eigenvalue weighted by molar-refractivity contribution is 4.96. The first kappa shape index (κ1) is 9.19. The Morgan fingerprint density at radius 2 is 2.08 bits per heavy atom. The predicted octanol–water partition coefficient (Wildman–Crippen LogP) is 0.669. The summed E-state index contributed by atoms with van der Waals surface area (Å²) >= 11 is 0. The summed E-state index contributed by atoms with van der Waals surface area (Å²) in [5, 5.41) is 8.07. The summed E-state index contributed by atoms with van der Waals surface area (Å²) in [4.78, 5) is 0. The topological polar surface area (TPSA) is 56.7 Å². The van der Waals surface area contributed by atoms with Crippen LogP contribution in [0, 0.1) is 6.92 Å². The first-order chi connectivity index (χ1) is 5.66. The van der Waals surface area contributed by atoms with Gasteiger partial charge in [0.05, 0.1) is 0 Å². The van der Waals surface area contributed by atoms with Gasteiger partial charge in [0, 0.05) is 12.5 Å². The van der Waals surface area contributed by atoms with Crippen LogP contribution in [0.3, 0.4) is 0 Å². The van der Waals surface area contributed by atoms with Crippen LogP contribution in [0.15, 0.2) is 0 Å². The normalized spacial score (nSPS) is 11.1. The van der Waals surface area contributed by atoms with Crippen LogP contribution in [-0.4, -0.2) is 21.3 Å². The zero-order valence-electron chi connectivity index (χ0n) is 7.91. The Morgan fingerprint density at radius 1 is 1.42 bits per heavy atom. The van der Waals surface area contributed by atoms with E-state index in [2.05, 4.69) is 28.6 Å². The van der Waals surface area contributed by atoms with Crippen LogP contribution in [0.5, 0.6) is 0 Å². The lowest BCUT2D eigenvalue weighted by molar-refractivity contribution is 0.553. The van der Waals surface area contributed by atoms with Crippen molar-refractivity contribution in [1.82, 2.24) is 14.8 Å². The summed E-state index contributed by atoms with van der Waals surface area (Å²) in [5.41, 5.74) is 5.46. The van der Waals surface area contributed by atoms with Gasteiger partial charge in [-0.25, -0.2) is 0 Å². The molecule has 0 fully saturated rings. The van der Waals surface area contributed by atoms with Crippen molar-refractivity contribution in [3.63, 3.8) is 0 Å². The van der Waals surface area contributed by atoms with Gasteiger partial charge in [-0.3, -0.25) is 0 Å². The predicted molar refractivity (Wildman–Crippen MR) is 47.9 cm³/mol. The van der Waals surface area contributed by atoms with Crippen molar-refractivity contribution in [2.75, 3.05) is 6.54 Å². The van der Waals surface area contributed by atoms with Gasteiger partial charge >= 0.3 is 0 Å². The van der Waals surface area contributed by atoms with Crippen LogP contribution in [0.25, 0.3) is 0 Å². The zero-order valence-corrected chi connectivity index (χ0v) is 7.91. The van der Waals surface area contributed by atoms with Gasteiger partial charge in [-0.1, -0.05) is 0 Å². The summed E-state index contributed by atoms with van der Waals surface area (Å²) in [6.07, 6.45) is 0.805. The molecule has 0 spiro atoms. The third-order valence-electron chi connectivity index (χ3n) is 1.82. The number of hydrogen-bond donors (Lipinski definition) is 1. The van der Waals surface area contributed by atoms with Crippen LogP contribution in [-0.2, 0) is 6.42 Å². The highest BCUT2D eigenvalue weighted by Gasteiger charge is 2.09. The Labute approximate surface area is 72.8 Å². The van der Waals surface area contributed by atoms with Gasteiger partial charge < -0.3 is 10.3 Å². The van der Waals surface area contributed by atoms with Crippen molar-refractivity contribution in [2.24, 2.45) is 5.73 Å². The Morgan fingerprint density at radius 3 is 2.58 bits per heavy atom. The molecule has 2 N–H and O–H groups in total. The molecule has 1 aromatic rings. The minimum Gasteiger partial charge on any atom is -0.330 e. The molecule has 0 unspecified atom stereocenters. The molecule has 4 heteroatoms. The van der Waals surface area contributed by atoms with E-state index in [0.29, 0.717) is 12.6 Å². The second-order valence-electron chi connectivity index (χ2n) is 3.17. The maximum absolute atomic E-state index is 5.46. The average Bonchev–Trinajstić information content (AvgIpc) is 2.32. The summed E-state index contributed by atoms with van der Waals surface area (Å²) in [6.45, 7) is 6.84. The SMILES string of the molecule is Cc1nnc(CCN)n1C(C)C. The van der Waals surface area contributed by atoms with E-state index in [1.54, 1.807) is 0 Å². The van der Waals surface area contributed by atoms with E-state index in [-0.39, 0.29) is 0 Å². The van der Waals surface area contributed by atoms with E-state index in [1.165, 1.54) is 0 Å². The highest BCUT2D eigenvalue weighted by Crippen LogP contribution is 2.10. The average molecular weight is 168 g/mol. The molecular weight excluding hydrogens is 152 g/mol. The second-order valence-corrected chi connectivity index (χ2v) is 3.17. The van der Waals surface area contributed by atoms with Gasteiger partial charge in [-0.15, -0.1) is 10.2 Å². The summed E-state index contributed by atoms with van der Waals surface area (Å²) in [7, 11) is 0. The molecule has 1 rings (SSSR count). The van der Waals surface area contributed by atoms with Crippen molar-refractivity contribution in [3.8, 4) is 0 Å². The molecule has 0 atom stereocenters. The third-order valence-corrected chi connectivity index (χ3v) is 1.82. The van der Waals surface area contributed by atoms with Gasteiger partial charge in [-0.05, 0) is 27.3 Å². The van der Waals surface area contributed by atoms with E-state index in [0.717, 1.165) is 18.1 Å². The van der Waals surface area contributed by atoms with Gasteiger partial charge in [0.1, 0.15) is 11.6 Å².